The third kappa shape index (κ3) is 2.91. The van der Waals surface area contributed by atoms with E-state index >= 15 is 0 Å². The summed E-state index contributed by atoms with van der Waals surface area (Å²) in [4.78, 5) is 8.05. The fourth-order valence-corrected chi connectivity index (χ4v) is 1.72. The first-order valence-corrected chi connectivity index (χ1v) is 5.67. The number of aryl methyl sites for hydroxylation is 1. The number of hydrogen-bond acceptors (Lipinski definition) is 4. The molecule has 1 heterocycles. The molecule has 0 saturated heterocycles. The third-order valence-corrected chi connectivity index (χ3v) is 2.54. The molecule has 1 aromatic heterocycles. The largest absolute Gasteiger partial charge is 0.384 e. The summed E-state index contributed by atoms with van der Waals surface area (Å²) < 4.78 is 14.2. The molecule has 6 heteroatoms. The first-order valence-electron chi connectivity index (χ1n) is 4.88. The van der Waals surface area contributed by atoms with E-state index in [1.807, 2.05) is 0 Å². The van der Waals surface area contributed by atoms with Crippen molar-refractivity contribution in [1.82, 2.24) is 9.97 Å². The van der Waals surface area contributed by atoms with Crippen LogP contribution in [-0.4, -0.2) is 9.97 Å². The molecule has 0 spiro atoms. The van der Waals surface area contributed by atoms with Crippen molar-refractivity contribution in [3.63, 3.8) is 0 Å². The Morgan fingerprint density at radius 3 is 2.71 bits per heavy atom. The Bertz CT molecular complexity index is 539. The lowest BCUT2D eigenvalue weighted by Gasteiger charge is -2.08. The van der Waals surface area contributed by atoms with Crippen LogP contribution in [0.25, 0.3) is 0 Å². The molecule has 0 aliphatic rings. The topological polar surface area (TPSA) is 63.8 Å². The first kappa shape index (κ1) is 11.8. The van der Waals surface area contributed by atoms with Crippen molar-refractivity contribution in [2.45, 2.75) is 6.92 Å². The van der Waals surface area contributed by atoms with Crippen LogP contribution in [0, 0.1) is 12.7 Å². The van der Waals surface area contributed by atoms with Gasteiger partial charge >= 0.3 is 0 Å². The van der Waals surface area contributed by atoms with Gasteiger partial charge in [0, 0.05) is 10.5 Å². The van der Waals surface area contributed by atoms with Gasteiger partial charge in [0.15, 0.2) is 0 Å². The number of halogens is 2. The summed E-state index contributed by atoms with van der Waals surface area (Å²) >= 11 is 3.19. The van der Waals surface area contributed by atoms with Crippen molar-refractivity contribution < 1.29 is 4.39 Å². The van der Waals surface area contributed by atoms with Gasteiger partial charge in [-0.2, -0.15) is 0 Å². The minimum atomic E-state index is -0.366. The SMILES string of the molecule is Cc1nc(N)cc(Nc2ccc(Br)cc2F)n1. The number of nitrogen functional groups attached to an aromatic ring is 1. The van der Waals surface area contributed by atoms with E-state index in [0.717, 1.165) is 0 Å². The molecule has 2 rings (SSSR count). The second-order valence-electron chi connectivity index (χ2n) is 3.47. The minimum absolute atomic E-state index is 0.339. The second kappa shape index (κ2) is 4.67. The van der Waals surface area contributed by atoms with Crippen molar-refractivity contribution in [3.8, 4) is 0 Å². The standard InChI is InChI=1S/C11H10BrFN4/c1-6-15-10(14)5-11(16-6)17-9-3-2-7(12)4-8(9)13/h2-5H,1H3,(H3,14,15,16,17). The lowest BCUT2D eigenvalue weighted by molar-refractivity contribution is 0.631. The van der Waals surface area contributed by atoms with Gasteiger partial charge in [0.1, 0.15) is 23.3 Å². The summed E-state index contributed by atoms with van der Waals surface area (Å²) in [7, 11) is 0. The highest BCUT2D eigenvalue weighted by Gasteiger charge is 2.05. The zero-order chi connectivity index (χ0) is 12.4. The summed E-state index contributed by atoms with van der Waals surface area (Å²) in [6.07, 6.45) is 0. The molecule has 3 N–H and O–H groups in total. The molecular weight excluding hydrogens is 287 g/mol. The molecule has 0 radical (unpaired) electrons. The highest BCUT2D eigenvalue weighted by molar-refractivity contribution is 9.10. The van der Waals surface area contributed by atoms with Crippen molar-refractivity contribution in [1.29, 1.82) is 0 Å². The van der Waals surface area contributed by atoms with Gasteiger partial charge in [0.25, 0.3) is 0 Å². The fraction of sp³-hybridized carbons (Fsp3) is 0.0909. The average Bonchev–Trinajstić information content (AvgIpc) is 2.21. The summed E-state index contributed by atoms with van der Waals surface area (Å²) in [6.45, 7) is 1.72. The van der Waals surface area contributed by atoms with Crippen LogP contribution in [0.4, 0.5) is 21.7 Å². The maximum atomic E-state index is 13.6. The lowest BCUT2D eigenvalue weighted by atomic mass is 10.3. The molecule has 0 saturated carbocycles. The molecule has 0 aliphatic heterocycles. The van der Waals surface area contributed by atoms with Crippen LogP contribution >= 0.6 is 15.9 Å². The molecule has 1 aromatic carbocycles. The molecule has 0 unspecified atom stereocenters. The van der Waals surface area contributed by atoms with Gasteiger partial charge in [0.2, 0.25) is 0 Å². The smallest absolute Gasteiger partial charge is 0.147 e. The maximum Gasteiger partial charge on any atom is 0.147 e. The van der Waals surface area contributed by atoms with E-state index in [2.05, 4.69) is 31.2 Å². The zero-order valence-electron chi connectivity index (χ0n) is 9.04. The highest BCUT2D eigenvalue weighted by atomic mass is 79.9. The van der Waals surface area contributed by atoms with Crippen LogP contribution < -0.4 is 11.1 Å². The molecular formula is C11H10BrFN4. The number of nitrogens with zero attached hydrogens (tertiary/aromatic N) is 2. The number of hydrogen-bond donors (Lipinski definition) is 2. The molecule has 0 atom stereocenters. The van der Waals surface area contributed by atoms with Crippen LogP contribution in [0.1, 0.15) is 5.82 Å². The average molecular weight is 297 g/mol. The Hall–Kier alpha value is -1.69. The van der Waals surface area contributed by atoms with Crippen LogP contribution in [0.3, 0.4) is 0 Å². The molecule has 0 bridgehead atoms. The normalized spacial score (nSPS) is 10.3. The van der Waals surface area contributed by atoms with E-state index in [9.17, 15) is 4.39 Å². The molecule has 4 nitrogen and oxygen atoms in total. The molecule has 0 fully saturated rings. The number of aromatic nitrogens is 2. The van der Waals surface area contributed by atoms with Crippen molar-refractivity contribution >= 4 is 33.3 Å². The number of anilines is 3. The Kier molecular flexibility index (Phi) is 3.23. The number of rotatable bonds is 2. The molecule has 88 valence electrons. The molecule has 0 aliphatic carbocycles. The van der Waals surface area contributed by atoms with E-state index < -0.39 is 0 Å². The van der Waals surface area contributed by atoms with Gasteiger partial charge in [-0.05, 0) is 25.1 Å². The minimum Gasteiger partial charge on any atom is -0.384 e. The Morgan fingerprint density at radius 2 is 2.06 bits per heavy atom. The van der Waals surface area contributed by atoms with Gasteiger partial charge in [0.05, 0.1) is 5.69 Å². The van der Waals surface area contributed by atoms with Crippen LogP contribution in [0.5, 0.6) is 0 Å². The van der Waals surface area contributed by atoms with Crippen LogP contribution in [0.2, 0.25) is 0 Å². The Balaban J connectivity index is 2.31. The Labute approximate surface area is 106 Å². The molecule has 17 heavy (non-hydrogen) atoms. The van der Waals surface area contributed by atoms with Gasteiger partial charge in [-0.25, -0.2) is 14.4 Å². The predicted molar refractivity (Wildman–Crippen MR) is 68.6 cm³/mol. The first-order chi connectivity index (χ1) is 8.04. The lowest BCUT2D eigenvalue weighted by Crippen LogP contribution is -2.01. The van der Waals surface area contributed by atoms with Gasteiger partial charge in [-0.3, -0.25) is 0 Å². The fourth-order valence-electron chi connectivity index (χ4n) is 1.38. The molecule has 2 aromatic rings. The quantitative estimate of drug-likeness (QED) is 0.894. The van der Waals surface area contributed by atoms with E-state index in [-0.39, 0.29) is 5.82 Å². The number of benzene rings is 1. The monoisotopic (exact) mass is 296 g/mol. The summed E-state index contributed by atoms with van der Waals surface area (Å²) in [6, 6.07) is 6.28. The molecule has 0 amide bonds. The third-order valence-electron chi connectivity index (χ3n) is 2.05. The van der Waals surface area contributed by atoms with E-state index in [1.54, 1.807) is 25.1 Å². The summed E-state index contributed by atoms with van der Waals surface area (Å²) in [5, 5.41) is 2.85. The number of nitrogens with one attached hydrogen (secondary N) is 1. The van der Waals surface area contributed by atoms with E-state index in [0.29, 0.717) is 27.6 Å². The van der Waals surface area contributed by atoms with E-state index in [1.165, 1.54) is 6.07 Å². The summed E-state index contributed by atoms with van der Waals surface area (Å²) in [5.41, 5.74) is 5.92. The maximum absolute atomic E-state index is 13.6. The number of nitrogens with two attached hydrogens (primary N) is 1. The summed E-state index contributed by atoms with van der Waals surface area (Å²) in [5.74, 6) is 0.980. The van der Waals surface area contributed by atoms with Crippen molar-refractivity contribution in [2.24, 2.45) is 0 Å². The second-order valence-corrected chi connectivity index (χ2v) is 4.39. The van der Waals surface area contributed by atoms with Gasteiger partial charge < -0.3 is 11.1 Å². The Morgan fingerprint density at radius 1 is 1.29 bits per heavy atom. The highest BCUT2D eigenvalue weighted by Crippen LogP contribution is 2.22. The predicted octanol–water partition coefficient (Wildman–Crippen LogP) is 3.01. The van der Waals surface area contributed by atoms with Crippen molar-refractivity contribution in [3.05, 3.63) is 40.4 Å². The van der Waals surface area contributed by atoms with Crippen LogP contribution in [0.15, 0.2) is 28.7 Å². The van der Waals surface area contributed by atoms with Crippen molar-refractivity contribution in [2.75, 3.05) is 11.1 Å². The zero-order valence-corrected chi connectivity index (χ0v) is 10.6. The van der Waals surface area contributed by atoms with Gasteiger partial charge in [-0.15, -0.1) is 0 Å². The van der Waals surface area contributed by atoms with Gasteiger partial charge in [-0.1, -0.05) is 15.9 Å². The van der Waals surface area contributed by atoms with E-state index in [4.69, 9.17) is 5.73 Å². The van der Waals surface area contributed by atoms with Crippen LogP contribution in [-0.2, 0) is 0 Å².